The van der Waals surface area contributed by atoms with Crippen molar-refractivity contribution in [2.24, 2.45) is 0 Å². The molecule has 3 heterocycles. The lowest BCUT2D eigenvalue weighted by Gasteiger charge is -2.33. The Morgan fingerprint density at radius 3 is 2.96 bits per heavy atom. The van der Waals surface area contributed by atoms with Gasteiger partial charge in [-0.05, 0) is 38.0 Å². The van der Waals surface area contributed by atoms with Crippen molar-refractivity contribution in [2.45, 2.75) is 25.8 Å². The fraction of sp³-hybridized carbons (Fsp3) is 0.333. The molecule has 1 aliphatic rings. The lowest BCUT2D eigenvalue weighted by atomic mass is 10.0. The summed E-state index contributed by atoms with van der Waals surface area (Å²) in [5.74, 6) is -0.101. The zero-order valence-corrected chi connectivity index (χ0v) is 14.0. The number of hydrogen-bond acceptors (Lipinski definition) is 4. The van der Waals surface area contributed by atoms with Crippen molar-refractivity contribution >= 4 is 16.8 Å². The van der Waals surface area contributed by atoms with Crippen LogP contribution < -0.4 is 5.56 Å². The number of likely N-dealkylation sites (tertiary alicyclic amines) is 1. The van der Waals surface area contributed by atoms with Gasteiger partial charge in [-0.25, -0.2) is 4.98 Å². The normalized spacial score (nSPS) is 17.8. The first-order chi connectivity index (χ1) is 12.1. The number of rotatable bonds is 2. The first-order valence-corrected chi connectivity index (χ1v) is 8.40. The summed E-state index contributed by atoms with van der Waals surface area (Å²) in [5, 5.41) is 7.46. The van der Waals surface area contributed by atoms with E-state index in [-0.39, 0.29) is 17.5 Å². The van der Waals surface area contributed by atoms with Crippen LogP contribution in [0.1, 0.15) is 35.1 Å². The molecule has 0 radical (unpaired) electrons. The van der Waals surface area contributed by atoms with E-state index < -0.39 is 0 Å². The molecule has 1 atom stereocenters. The summed E-state index contributed by atoms with van der Waals surface area (Å²) < 4.78 is 1.66. The van der Waals surface area contributed by atoms with Crippen molar-refractivity contribution < 1.29 is 4.79 Å². The summed E-state index contributed by atoms with van der Waals surface area (Å²) in [4.78, 5) is 31.6. The highest BCUT2D eigenvalue weighted by Gasteiger charge is 2.27. The second kappa shape index (κ2) is 6.16. The van der Waals surface area contributed by atoms with Gasteiger partial charge in [0, 0.05) is 18.8 Å². The number of carbonyl (C=O) groups excluding carboxylic acids is 1. The Bertz CT molecular complexity index is 990. The molecule has 2 aromatic heterocycles. The van der Waals surface area contributed by atoms with Gasteiger partial charge in [-0.1, -0.05) is 12.1 Å². The Hall–Kier alpha value is -2.96. The van der Waals surface area contributed by atoms with E-state index in [9.17, 15) is 9.59 Å². The number of H-pyrrole nitrogens is 1. The lowest BCUT2D eigenvalue weighted by Crippen LogP contribution is -2.43. The summed E-state index contributed by atoms with van der Waals surface area (Å²) in [6.07, 6.45) is 3.30. The number of aryl methyl sites for hydroxylation is 1. The van der Waals surface area contributed by atoms with Gasteiger partial charge in [0.25, 0.3) is 11.5 Å². The van der Waals surface area contributed by atoms with Gasteiger partial charge in [0.2, 0.25) is 0 Å². The third-order valence-corrected chi connectivity index (χ3v) is 4.69. The molecule has 0 bridgehead atoms. The van der Waals surface area contributed by atoms with Crippen LogP contribution in [0, 0.1) is 6.92 Å². The van der Waals surface area contributed by atoms with Crippen LogP contribution in [-0.4, -0.2) is 43.6 Å². The average molecular weight is 337 g/mol. The number of amides is 1. The molecule has 4 rings (SSSR count). The number of benzene rings is 1. The van der Waals surface area contributed by atoms with E-state index in [0.29, 0.717) is 29.7 Å². The summed E-state index contributed by atoms with van der Waals surface area (Å²) >= 11 is 0. The fourth-order valence-corrected chi connectivity index (χ4v) is 3.40. The minimum atomic E-state index is -0.101. The van der Waals surface area contributed by atoms with Crippen LogP contribution in [-0.2, 0) is 0 Å². The van der Waals surface area contributed by atoms with Crippen LogP contribution in [0.2, 0.25) is 0 Å². The van der Waals surface area contributed by atoms with E-state index in [2.05, 4.69) is 15.2 Å². The van der Waals surface area contributed by atoms with Gasteiger partial charge < -0.3 is 4.90 Å². The van der Waals surface area contributed by atoms with E-state index in [1.807, 2.05) is 25.1 Å². The third kappa shape index (κ3) is 2.82. The molecule has 3 aromatic rings. The standard InChI is InChI=1S/C18H19N5O2/c1-12-9-16(21-20-12)18(25)22-8-4-5-13(10-22)23-11-19-15-7-3-2-6-14(15)17(23)24/h2-3,6-7,9,11,13H,4-5,8,10H2,1H3,(H,20,21)/t13-/m1/s1. The maximum Gasteiger partial charge on any atom is 0.274 e. The van der Waals surface area contributed by atoms with E-state index in [1.165, 1.54) is 0 Å². The highest BCUT2D eigenvalue weighted by Crippen LogP contribution is 2.22. The first kappa shape index (κ1) is 15.6. The Labute approximate surface area is 144 Å². The SMILES string of the molecule is Cc1cc(C(=O)N2CCC[C@@H](n3cnc4ccccc4c3=O)C2)n[nH]1. The highest BCUT2D eigenvalue weighted by molar-refractivity contribution is 5.92. The number of piperidine rings is 1. The molecular formula is C18H19N5O2. The van der Waals surface area contributed by atoms with E-state index in [0.717, 1.165) is 18.5 Å². The number of fused-ring (bicyclic) bond motifs is 1. The molecule has 128 valence electrons. The molecule has 1 N–H and O–H groups in total. The molecule has 1 amide bonds. The molecule has 25 heavy (non-hydrogen) atoms. The van der Waals surface area contributed by atoms with Crippen LogP contribution in [0.25, 0.3) is 10.9 Å². The Balaban J connectivity index is 1.62. The summed E-state index contributed by atoms with van der Waals surface area (Å²) in [6, 6.07) is 9.01. The average Bonchev–Trinajstić information content (AvgIpc) is 3.08. The molecule has 1 fully saturated rings. The first-order valence-electron chi connectivity index (χ1n) is 8.40. The van der Waals surface area contributed by atoms with Crippen LogP contribution in [0.3, 0.4) is 0 Å². The van der Waals surface area contributed by atoms with Crippen molar-refractivity contribution in [3.05, 3.63) is 58.4 Å². The zero-order chi connectivity index (χ0) is 17.4. The number of nitrogens with one attached hydrogen (secondary N) is 1. The maximum atomic E-state index is 12.8. The van der Waals surface area contributed by atoms with Gasteiger partial charge in [0.15, 0.2) is 0 Å². The van der Waals surface area contributed by atoms with Crippen molar-refractivity contribution in [3.8, 4) is 0 Å². The Morgan fingerprint density at radius 2 is 2.16 bits per heavy atom. The number of aromatic amines is 1. The van der Waals surface area contributed by atoms with Crippen molar-refractivity contribution in [2.75, 3.05) is 13.1 Å². The second-order valence-electron chi connectivity index (χ2n) is 6.46. The van der Waals surface area contributed by atoms with Crippen molar-refractivity contribution in [1.82, 2.24) is 24.6 Å². The second-order valence-corrected chi connectivity index (χ2v) is 6.46. The zero-order valence-electron chi connectivity index (χ0n) is 14.0. The maximum absolute atomic E-state index is 12.8. The summed E-state index contributed by atoms with van der Waals surface area (Å²) in [7, 11) is 0. The molecule has 0 spiro atoms. The summed E-state index contributed by atoms with van der Waals surface area (Å²) in [6.45, 7) is 3.03. The summed E-state index contributed by atoms with van der Waals surface area (Å²) in [5.41, 5.74) is 1.91. The van der Waals surface area contributed by atoms with Gasteiger partial charge in [-0.2, -0.15) is 5.10 Å². The van der Waals surface area contributed by atoms with E-state index >= 15 is 0 Å². The molecule has 7 nitrogen and oxygen atoms in total. The minimum absolute atomic E-state index is 0.0551. The van der Waals surface area contributed by atoms with Crippen molar-refractivity contribution in [1.29, 1.82) is 0 Å². The quantitative estimate of drug-likeness (QED) is 0.774. The Kier molecular flexibility index (Phi) is 3.83. The number of para-hydroxylation sites is 1. The number of hydrogen-bond donors (Lipinski definition) is 1. The van der Waals surface area contributed by atoms with Crippen LogP contribution in [0.4, 0.5) is 0 Å². The van der Waals surface area contributed by atoms with Gasteiger partial charge in [0.1, 0.15) is 5.69 Å². The smallest absolute Gasteiger partial charge is 0.274 e. The number of aromatic nitrogens is 4. The molecule has 1 aromatic carbocycles. The van der Waals surface area contributed by atoms with Gasteiger partial charge in [-0.3, -0.25) is 19.3 Å². The highest BCUT2D eigenvalue weighted by atomic mass is 16.2. The fourth-order valence-electron chi connectivity index (χ4n) is 3.40. The number of nitrogens with zero attached hydrogens (tertiary/aromatic N) is 4. The molecule has 1 aliphatic heterocycles. The molecule has 0 saturated carbocycles. The van der Waals surface area contributed by atoms with Gasteiger partial charge in [0.05, 0.1) is 23.3 Å². The molecule has 1 saturated heterocycles. The Morgan fingerprint density at radius 1 is 1.32 bits per heavy atom. The predicted molar refractivity (Wildman–Crippen MR) is 93.5 cm³/mol. The molecular weight excluding hydrogens is 318 g/mol. The van der Waals surface area contributed by atoms with Crippen LogP contribution >= 0.6 is 0 Å². The van der Waals surface area contributed by atoms with Crippen LogP contribution in [0.15, 0.2) is 41.5 Å². The number of carbonyl (C=O) groups is 1. The molecule has 0 unspecified atom stereocenters. The van der Waals surface area contributed by atoms with Gasteiger partial charge in [-0.15, -0.1) is 0 Å². The molecule has 0 aliphatic carbocycles. The van der Waals surface area contributed by atoms with Gasteiger partial charge >= 0.3 is 0 Å². The van der Waals surface area contributed by atoms with E-state index in [4.69, 9.17) is 0 Å². The molecule has 7 heteroatoms. The predicted octanol–water partition coefficient (Wildman–Crippen LogP) is 1.91. The third-order valence-electron chi connectivity index (χ3n) is 4.69. The lowest BCUT2D eigenvalue weighted by molar-refractivity contribution is 0.0671. The van der Waals surface area contributed by atoms with E-state index in [1.54, 1.807) is 27.9 Å². The monoisotopic (exact) mass is 337 g/mol. The largest absolute Gasteiger partial charge is 0.335 e. The van der Waals surface area contributed by atoms with Crippen molar-refractivity contribution in [3.63, 3.8) is 0 Å². The van der Waals surface area contributed by atoms with Crippen LogP contribution in [0.5, 0.6) is 0 Å². The minimum Gasteiger partial charge on any atom is -0.335 e. The topological polar surface area (TPSA) is 83.9 Å².